The molecule has 9 heavy (non-hydrogen) atoms. The first kappa shape index (κ1) is 6.77. The summed E-state index contributed by atoms with van der Waals surface area (Å²) >= 11 is 1.78. The van der Waals surface area contributed by atoms with E-state index in [1.54, 1.807) is 11.3 Å². The second-order valence-corrected chi connectivity index (χ2v) is 5.42. The van der Waals surface area contributed by atoms with Gasteiger partial charge in [-0.3, -0.25) is 0 Å². The van der Waals surface area contributed by atoms with Crippen LogP contribution in [0.15, 0.2) is 28.6 Å². The quantitative estimate of drug-likeness (QED) is 0.559. The average Bonchev–Trinajstić information content (AvgIpc) is 2.15. The van der Waals surface area contributed by atoms with Crippen LogP contribution in [0.4, 0.5) is 0 Å². The van der Waals surface area contributed by atoms with Crippen LogP contribution in [0.25, 0.3) is 0 Å². The second kappa shape index (κ2) is 2.99. The van der Waals surface area contributed by atoms with Crippen LogP contribution >= 0.6 is 11.3 Å². The maximum atomic E-state index is 3.90. The zero-order chi connectivity index (χ0) is 6.69. The van der Waals surface area contributed by atoms with Crippen molar-refractivity contribution in [3.8, 4) is 0 Å². The maximum Gasteiger partial charge on any atom is 0.0823 e. The third-order valence-electron chi connectivity index (χ3n) is 1.09. The van der Waals surface area contributed by atoms with Gasteiger partial charge in [-0.25, -0.2) is 0 Å². The van der Waals surface area contributed by atoms with Crippen LogP contribution in [-0.4, -0.2) is 9.52 Å². The minimum Gasteiger partial charge on any atom is -0.153 e. The molecule has 1 aromatic heterocycles. The molecular weight excluding hydrogens is 144 g/mol. The van der Waals surface area contributed by atoms with E-state index in [2.05, 4.69) is 30.3 Å². The molecule has 0 saturated heterocycles. The molecule has 0 aliphatic heterocycles. The Balaban J connectivity index is 2.58. The van der Waals surface area contributed by atoms with Gasteiger partial charge in [0.2, 0.25) is 0 Å². The SMILES string of the molecule is C=C(C)[SiH2]c1ccsc1. The Hall–Kier alpha value is -0.343. The fourth-order valence-corrected chi connectivity index (χ4v) is 3.05. The molecule has 48 valence electrons. The molecule has 0 bridgehead atoms. The normalized spacial score (nSPS) is 10.8. The van der Waals surface area contributed by atoms with E-state index in [4.69, 9.17) is 0 Å². The Morgan fingerprint density at radius 2 is 2.56 bits per heavy atom. The Kier molecular flexibility index (Phi) is 2.25. The molecule has 0 unspecified atom stereocenters. The molecule has 0 amide bonds. The lowest BCUT2D eigenvalue weighted by molar-refractivity contribution is 1.70. The molecule has 2 heteroatoms. The summed E-state index contributed by atoms with van der Waals surface area (Å²) in [5.74, 6) is 0. The van der Waals surface area contributed by atoms with Crippen molar-refractivity contribution < 1.29 is 0 Å². The highest BCUT2D eigenvalue weighted by Gasteiger charge is 1.91. The third-order valence-corrected chi connectivity index (χ3v) is 3.57. The third kappa shape index (κ3) is 2.16. The number of rotatable bonds is 2. The molecule has 0 aliphatic rings. The van der Waals surface area contributed by atoms with E-state index >= 15 is 0 Å². The van der Waals surface area contributed by atoms with E-state index < -0.39 is 0 Å². The van der Waals surface area contributed by atoms with Gasteiger partial charge in [-0.15, -0.1) is 6.58 Å². The Bertz CT molecular complexity index is 189. The standard InChI is InChI=1S/C7H10SSi/c1-6(2)9-7-3-4-8-5-7/h3-5H,1,9H2,2H3. The van der Waals surface area contributed by atoms with Crippen LogP contribution in [-0.2, 0) is 0 Å². The van der Waals surface area contributed by atoms with Crippen LogP contribution in [0.3, 0.4) is 0 Å². The van der Waals surface area contributed by atoms with Gasteiger partial charge in [-0.1, -0.05) is 16.4 Å². The molecule has 0 atom stereocenters. The lowest BCUT2D eigenvalue weighted by Crippen LogP contribution is -2.10. The van der Waals surface area contributed by atoms with Gasteiger partial charge < -0.3 is 0 Å². The molecular formula is C7H10SSi. The molecule has 0 fully saturated rings. The van der Waals surface area contributed by atoms with Crippen molar-refractivity contribution >= 4 is 26.0 Å². The Morgan fingerprint density at radius 1 is 1.78 bits per heavy atom. The van der Waals surface area contributed by atoms with E-state index in [1.807, 2.05) is 0 Å². The second-order valence-electron chi connectivity index (χ2n) is 2.27. The molecule has 0 radical (unpaired) electrons. The lowest BCUT2D eigenvalue weighted by atomic mass is 10.7. The van der Waals surface area contributed by atoms with Gasteiger partial charge in [0.05, 0.1) is 9.52 Å². The minimum absolute atomic E-state index is 0.118. The van der Waals surface area contributed by atoms with E-state index in [9.17, 15) is 0 Å². The predicted molar refractivity (Wildman–Crippen MR) is 47.3 cm³/mol. The highest BCUT2D eigenvalue weighted by atomic mass is 32.1. The fraction of sp³-hybridized carbons (Fsp3) is 0.143. The van der Waals surface area contributed by atoms with Crippen molar-refractivity contribution in [2.75, 3.05) is 0 Å². The molecule has 0 spiro atoms. The Morgan fingerprint density at radius 3 is 3.00 bits per heavy atom. The first-order valence-corrected chi connectivity index (χ1v) is 5.30. The molecule has 0 saturated carbocycles. The summed E-state index contributed by atoms with van der Waals surface area (Å²) < 4.78 is 0. The number of thiophene rings is 1. The van der Waals surface area contributed by atoms with Crippen LogP contribution in [0.2, 0.25) is 0 Å². The number of hydrogen-bond donors (Lipinski definition) is 0. The van der Waals surface area contributed by atoms with Crippen LogP contribution in [0, 0.1) is 0 Å². The first-order valence-electron chi connectivity index (χ1n) is 2.94. The van der Waals surface area contributed by atoms with Crippen molar-refractivity contribution in [2.45, 2.75) is 6.92 Å². The Labute approximate surface area is 62.1 Å². The van der Waals surface area contributed by atoms with Gasteiger partial charge >= 0.3 is 0 Å². The monoisotopic (exact) mass is 154 g/mol. The maximum absolute atomic E-state index is 3.90. The van der Waals surface area contributed by atoms with Crippen LogP contribution in [0.5, 0.6) is 0 Å². The number of hydrogen-bond acceptors (Lipinski definition) is 1. The van der Waals surface area contributed by atoms with Gasteiger partial charge in [-0.2, -0.15) is 11.3 Å². The molecule has 0 nitrogen and oxygen atoms in total. The van der Waals surface area contributed by atoms with E-state index in [0.717, 1.165) is 0 Å². The summed E-state index contributed by atoms with van der Waals surface area (Å²) in [5.41, 5.74) is 0. The van der Waals surface area contributed by atoms with Gasteiger partial charge in [0.25, 0.3) is 0 Å². The molecule has 0 N–H and O–H groups in total. The van der Waals surface area contributed by atoms with Gasteiger partial charge in [0, 0.05) is 0 Å². The highest BCUT2D eigenvalue weighted by Crippen LogP contribution is 1.93. The van der Waals surface area contributed by atoms with E-state index in [-0.39, 0.29) is 9.52 Å². The minimum atomic E-state index is -0.118. The summed E-state index contributed by atoms with van der Waals surface area (Å²) in [5, 5.41) is 7.24. The molecule has 1 aromatic rings. The van der Waals surface area contributed by atoms with Gasteiger partial charge in [0.15, 0.2) is 0 Å². The zero-order valence-corrected chi connectivity index (χ0v) is 7.79. The highest BCUT2D eigenvalue weighted by molar-refractivity contribution is 7.09. The summed E-state index contributed by atoms with van der Waals surface area (Å²) in [6.45, 7) is 6.01. The van der Waals surface area contributed by atoms with Crippen molar-refractivity contribution in [3.05, 3.63) is 28.6 Å². The molecule has 0 aliphatic carbocycles. The van der Waals surface area contributed by atoms with E-state index in [0.29, 0.717) is 0 Å². The molecule has 0 aromatic carbocycles. The fourth-order valence-electron chi connectivity index (χ4n) is 0.742. The topological polar surface area (TPSA) is 0 Å². The summed E-state index contributed by atoms with van der Waals surface area (Å²) in [7, 11) is -0.118. The summed E-state index contributed by atoms with van der Waals surface area (Å²) in [6, 6.07) is 2.20. The van der Waals surface area contributed by atoms with Crippen LogP contribution in [0.1, 0.15) is 6.92 Å². The van der Waals surface area contributed by atoms with Crippen LogP contribution < -0.4 is 5.19 Å². The smallest absolute Gasteiger partial charge is 0.0823 e. The van der Waals surface area contributed by atoms with E-state index in [1.165, 1.54) is 10.4 Å². The van der Waals surface area contributed by atoms with Crippen molar-refractivity contribution in [1.29, 1.82) is 0 Å². The number of allylic oxidation sites excluding steroid dienone is 1. The van der Waals surface area contributed by atoms with Gasteiger partial charge in [-0.05, 0) is 17.7 Å². The van der Waals surface area contributed by atoms with Crippen molar-refractivity contribution in [2.24, 2.45) is 0 Å². The largest absolute Gasteiger partial charge is 0.153 e. The predicted octanol–water partition coefficient (Wildman–Crippen LogP) is 1.08. The van der Waals surface area contributed by atoms with Crippen molar-refractivity contribution in [3.63, 3.8) is 0 Å². The molecule has 1 rings (SSSR count). The van der Waals surface area contributed by atoms with Gasteiger partial charge in [0.1, 0.15) is 0 Å². The lowest BCUT2D eigenvalue weighted by Gasteiger charge is -1.90. The summed E-state index contributed by atoms with van der Waals surface area (Å²) in [4.78, 5) is 0. The summed E-state index contributed by atoms with van der Waals surface area (Å²) in [6.07, 6.45) is 0. The average molecular weight is 154 g/mol. The van der Waals surface area contributed by atoms with Crippen molar-refractivity contribution in [1.82, 2.24) is 0 Å². The first-order chi connectivity index (χ1) is 4.29. The zero-order valence-electron chi connectivity index (χ0n) is 5.55. The molecule has 1 heterocycles.